The minimum absolute atomic E-state index is 0.382. The molecule has 0 amide bonds. The Morgan fingerprint density at radius 2 is 2.14 bits per heavy atom. The summed E-state index contributed by atoms with van der Waals surface area (Å²) in [5, 5.41) is 31.4. The number of nitrogens with one attached hydrogen (secondary N) is 1. The summed E-state index contributed by atoms with van der Waals surface area (Å²) in [6.07, 6.45) is -1.85. The maximum absolute atomic E-state index is 9.84. The Morgan fingerprint density at radius 1 is 1.33 bits per heavy atom. The number of fused-ring (bicyclic) bond motifs is 1. The van der Waals surface area contributed by atoms with Crippen LogP contribution >= 0.6 is 0 Å². The van der Waals surface area contributed by atoms with Gasteiger partial charge in [-0.2, -0.15) is 0 Å². The van der Waals surface area contributed by atoms with E-state index in [2.05, 4.69) is 20.3 Å². The zero-order chi connectivity index (χ0) is 15.0. The van der Waals surface area contributed by atoms with Gasteiger partial charge in [-0.15, -0.1) is 4.73 Å². The van der Waals surface area contributed by atoms with E-state index in [1.54, 1.807) is 7.05 Å². The van der Waals surface area contributed by atoms with Gasteiger partial charge < -0.3 is 30.2 Å². The van der Waals surface area contributed by atoms with Gasteiger partial charge in [0.2, 0.25) is 5.65 Å². The summed E-state index contributed by atoms with van der Waals surface area (Å²) in [7, 11) is 1.70. The van der Waals surface area contributed by atoms with E-state index in [0.29, 0.717) is 17.0 Å². The molecular weight excluding hydrogens is 282 g/mol. The highest BCUT2D eigenvalue weighted by Gasteiger charge is 2.44. The van der Waals surface area contributed by atoms with Crippen molar-refractivity contribution >= 4 is 17.0 Å². The molecule has 0 spiro atoms. The number of hydrogen-bond acceptors (Lipinski definition) is 9. The van der Waals surface area contributed by atoms with Gasteiger partial charge in [0, 0.05) is 7.05 Å². The Morgan fingerprint density at radius 3 is 2.81 bits per heavy atom. The van der Waals surface area contributed by atoms with Crippen LogP contribution in [0.2, 0.25) is 0 Å². The average Bonchev–Trinajstić information content (AvgIpc) is 3.03. The molecule has 1 unspecified atom stereocenters. The van der Waals surface area contributed by atoms with Crippen molar-refractivity contribution in [1.82, 2.24) is 19.7 Å². The second-order valence-electron chi connectivity index (χ2n) is 4.53. The normalized spacial score (nSPS) is 29.0. The van der Waals surface area contributed by atoms with Crippen molar-refractivity contribution in [3.8, 4) is 0 Å². The molecule has 0 saturated carbocycles. The third kappa shape index (κ3) is 2.27. The van der Waals surface area contributed by atoms with E-state index < -0.39 is 31.2 Å². The predicted octanol–water partition coefficient (Wildman–Crippen LogP) is -2.26. The molecule has 4 N–H and O–H groups in total. The minimum atomic E-state index is -1.29. The number of aliphatic hydroxyl groups is 3. The maximum atomic E-state index is 9.84. The first-order chi connectivity index (χ1) is 10.2. The molecule has 0 radical (unpaired) electrons. The lowest BCUT2D eigenvalue weighted by Crippen LogP contribution is -2.38. The fourth-order valence-electron chi connectivity index (χ4n) is 2.14. The molecule has 4 atom stereocenters. The summed E-state index contributed by atoms with van der Waals surface area (Å²) in [5.74, 6) is 0.531. The van der Waals surface area contributed by atoms with E-state index >= 15 is 0 Å². The Hall–Kier alpha value is -2.01. The molecule has 0 aromatic carbocycles. The Bertz CT molecular complexity index is 634. The van der Waals surface area contributed by atoms with Crippen LogP contribution in [0.5, 0.6) is 0 Å². The highest BCUT2D eigenvalue weighted by Crippen LogP contribution is 2.22. The molecule has 2 aromatic rings. The van der Waals surface area contributed by atoms with Crippen molar-refractivity contribution in [2.75, 3.05) is 19.0 Å². The third-order valence-electron chi connectivity index (χ3n) is 3.26. The third-order valence-corrected chi connectivity index (χ3v) is 3.26. The van der Waals surface area contributed by atoms with Crippen molar-refractivity contribution in [2.45, 2.75) is 24.6 Å². The van der Waals surface area contributed by atoms with Crippen LogP contribution in [-0.4, -0.2) is 73.3 Å². The summed E-state index contributed by atoms with van der Waals surface area (Å²) in [6, 6.07) is 0. The van der Waals surface area contributed by atoms with Gasteiger partial charge in [0.25, 0.3) is 6.29 Å². The molecule has 1 aliphatic heterocycles. The zero-order valence-electron chi connectivity index (χ0n) is 11.1. The van der Waals surface area contributed by atoms with Crippen LogP contribution in [0.4, 0.5) is 5.82 Å². The van der Waals surface area contributed by atoms with Gasteiger partial charge in [0.1, 0.15) is 31.0 Å². The van der Waals surface area contributed by atoms with Gasteiger partial charge in [0.05, 0.1) is 6.61 Å². The fraction of sp³-hybridized carbons (Fsp3) is 0.545. The van der Waals surface area contributed by atoms with Gasteiger partial charge in [-0.1, -0.05) is 0 Å². The first-order valence-corrected chi connectivity index (χ1v) is 6.31. The van der Waals surface area contributed by atoms with E-state index in [1.807, 2.05) is 0 Å². The maximum Gasteiger partial charge on any atom is 0.254 e. The van der Waals surface area contributed by atoms with Gasteiger partial charge in [-0.25, -0.2) is 15.0 Å². The van der Waals surface area contributed by atoms with Gasteiger partial charge in [-0.3, -0.25) is 0 Å². The standard InChI is InChI=1S/C11H15N5O5/c1-12-9-6-10(14-3-13-9)16(4-15-6)21-11-8(19)7(18)5(2-17)20-11/h3-5,7-8,11,17-19H,2H2,1H3,(H,12,13,14)/t5-,7-,8-,11?/m1/s1. The van der Waals surface area contributed by atoms with Crippen LogP contribution in [0.3, 0.4) is 0 Å². The molecule has 1 fully saturated rings. The molecule has 0 aliphatic carbocycles. The lowest BCUT2D eigenvalue weighted by molar-refractivity contribution is -0.169. The van der Waals surface area contributed by atoms with Crippen molar-refractivity contribution in [1.29, 1.82) is 0 Å². The molecule has 0 bridgehead atoms. The van der Waals surface area contributed by atoms with Crippen LogP contribution in [0.15, 0.2) is 12.7 Å². The largest absolute Gasteiger partial charge is 0.394 e. The number of anilines is 1. The van der Waals surface area contributed by atoms with Crippen molar-refractivity contribution in [3.05, 3.63) is 12.7 Å². The Balaban J connectivity index is 1.86. The second-order valence-corrected chi connectivity index (χ2v) is 4.53. The summed E-state index contributed by atoms with van der Waals surface area (Å²) in [5.41, 5.74) is 0.874. The van der Waals surface area contributed by atoms with Crippen LogP contribution in [0.1, 0.15) is 0 Å². The number of aromatic nitrogens is 4. The fourth-order valence-corrected chi connectivity index (χ4v) is 2.14. The monoisotopic (exact) mass is 297 g/mol. The lowest BCUT2D eigenvalue weighted by Gasteiger charge is -2.16. The summed E-state index contributed by atoms with van der Waals surface area (Å²) < 4.78 is 6.45. The quantitative estimate of drug-likeness (QED) is 0.493. The lowest BCUT2D eigenvalue weighted by atomic mass is 10.1. The number of imidazole rings is 1. The molecule has 2 aromatic heterocycles. The number of hydrogen-bond donors (Lipinski definition) is 4. The van der Waals surface area contributed by atoms with Gasteiger partial charge in [-0.05, 0) is 0 Å². The SMILES string of the molecule is CNc1ncnc2c1ncn2OC1O[C@H](CO)[C@@H](O)[C@H]1O. The van der Waals surface area contributed by atoms with Crippen LogP contribution < -0.4 is 10.2 Å². The van der Waals surface area contributed by atoms with Crippen molar-refractivity contribution in [3.63, 3.8) is 0 Å². The summed E-state index contributed by atoms with van der Waals surface area (Å²) in [6.45, 7) is -0.422. The molecule has 114 valence electrons. The van der Waals surface area contributed by atoms with Gasteiger partial charge in [0.15, 0.2) is 11.3 Å². The number of rotatable bonds is 4. The molecule has 10 heteroatoms. The second kappa shape index (κ2) is 5.41. The molecule has 1 aliphatic rings. The number of ether oxygens (including phenoxy) is 1. The summed E-state index contributed by atoms with van der Waals surface area (Å²) >= 11 is 0. The smallest absolute Gasteiger partial charge is 0.254 e. The molecule has 21 heavy (non-hydrogen) atoms. The van der Waals surface area contributed by atoms with E-state index in [9.17, 15) is 10.2 Å². The average molecular weight is 297 g/mol. The highest BCUT2D eigenvalue weighted by molar-refractivity contribution is 5.82. The Kier molecular flexibility index (Phi) is 3.59. The van der Waals surface area contributed by atoms with E-state index in [1.165, 1.54) is 17.4 Å². The number of nitrogens with zero attached hydrogens (tertiary/aromatic N) is 4. The number of aliphatic hydroxyl groups excluding tert-OH is 3. The minimum Gasteiger partial charge on any atom is -0.394 e. The summed E-state index contributed by atoms with van der Waals surface area (Å²) in [4.78, 5) is 17.6. The van der Waals surface area contributed by atoms with Crippen LogP contribution in [0.25, 0.3) is 11.2 Å². The molecular formula is C11H15N5O5. The zero-order valence-corrected chi connectivity index (χ0v) is 11.1. The Labute approximate surface area is 118 Å². The van der Waals surface area contributed by atoms with Crippen LogP contribution in [-0.2, 0) is 4.74 Å². The van der Waals surface area contributed by atoms with E-state index in [-0.39, 0.29) is 0 Å². The van der Waals surface area contributed by atoms with Crippen molar-refractivity contribution < 1.29 is 24.9 Å². The highest BCUT2D eigenvalue weighted by atomic mass is 16.8. The molecule has 3 heterocycles. The molecule has 10 nitrogen and oxygen atoms in total. The molecule has 3 rings (SSSR count). The topological polar surface area (TPSA) is 135 Å². The first kappa shape index (κ1) is 13.9. The first-order valence-electron chi connectivity index (χ1n) is 6.31. The van der Waals surface area contributed by atoms with Crippen molar-refractivity contribution in [2.24, 2.45) is 0 Å². The predicted molar refractivity (Wildman–Crippen MR) is 69.2 cm³/mol. The van der Waals surface area contributed by atoms with E-state index in [0.717, 1.165) is 0 Å². The van der Waals surface area contributed by atoms with E-state index in [4.69, 9.17) is 14.7 Å². The molecule has 1 saturated heterocycles. The van der Waals surface area contributed by atoms with Crippen LogP contribution in [0, 0.1) is 0 Å². The van der Waals surface area contributed by atoms with Gasteiger partial charge >= 0.3 is 0 Å².